The Morgan fingerprint density at radius 2 is 1.85 bits per heavy atom. The third kappa shape index (κ3) is 4.36. The summed E-state index contributed by atoms with van der Waals surface area (Å²) in [5.74, 6) is 0.359. The largest absolute Gasteiger partial charge is 0.485 e. The van der Waals surface area contributed by atoms with Crippen molar-refractivity contribution in [3.63, 3.8) is 0 Å². The number of hydrogen-bond donors (Lipinski definition) is 2. The number of nitrogens with one attached hydrogen (secondary N) is 1. The van der Waals surface area contributed by atoms with Crippen molar-refractivity contribution < 1.29 is 14.6 Å². The molecule has 0 spiro atoms. The third-order valence-electron chi connectivity index (χ3n) is 3.82. The highest BCUT2D eigenvalue weighted by atomic mass is 16.5. The van der Waals surface area contributed by atoms with Crippen LogP contribution in [-0.2, 0) is 13.2 Å². The van der Waals surface area contributed by atoms with E-state index in [-0.39, 0.29) is 18.0 Å². The van der Waals surface area contributed by atoms with Gasteiger partial charge in [-0.15, -0.1) is 0 Å². The van der Waals surface area contributed by atoms with E-state index in [1.165, 1.54) is 6.20 Å². The van der Waals surface area contributed by atoms with E-state index in [2.05, 4.69) is 15.3 Å². The molecule has 0 amide bonds. The van der Waals surface area contributed by atoms with Crippen molar-refractivity contribution in [2.45, 2.75) is 20.1 Å². The molecule has 26 heavy (non-hydrogen) atoms. The number of aryl methyl sites for hydroxylation is 1. The van der Waals surface area contributed by atoms with E-state index in [1.807, 2.05) is 61.5 Å². The maximum absolute atomic E-state index is 11.4. The van der Waals surface area contributed by atoms with Gasteiger partial charge in [0.1, 0.15) is 23.7 Å². The molecule has 0 saturated heterocycles. The molecule has 0 unspecified atom stereocenters. The summed E-state index contributed by atoms with van der Waals surface area (Å²) in [5, 5.41) is 12.4. The van der Waals surface area contributed by atoms with Crippen LogP contribution in [0.15, 0.2) is 60.8 Å². The van der Waals surface area contributed by atoms with Gasteiger partial charge in [0, 0.05) is 12.7 Å². The van der Waals surface area contributed by atoms with Crippen molar-refractivity contribution in [2.75, 3.05) is 5.32 Å². The molecule has 0 bridgehead atoms. The summed E-state index contributed by atoms with van der Waals surface area (Å²) >= 11 is 0. The second kappa shape index (κ2) is 8.11. The molecular weight excluding hydrogens is 330 g/mol. The Labute approximate surface area is 151 Å². The molecule has 0 saturated carbocycles. The van der Waals surface area contributed by atoms with Crippen molar-refractivity contribution >= 4 is 11.8 Å². The molecule has 3 aromatic rings. The van der Waals surface area contributed by atoms with E-state index < -0.39 is 5.97 Å². The molecule has 3 rings (SSSR count). The molecule has 1 aromatic heterocycles. The lowest BCUT2D eigenvalue weighted by Gasteiger charge is -2.11. The highest BCUT2D eigenvalue weighted by Crippen LogP contribution is 2.18. The van der Waals surface area contributed by atoms with Crippen molar-refractivity contribution in [3.8, 4) is 5.75 Å². The van der Waals surface area contributed by atoms with Crippen LogP contribution in [-0.4, -0.2) is 21.0 Å². The van der Waals surface area contributed by atoms with Crippen molar-refractivity contribution in [2.24, 2.45) is 0 Å². The van der Waals surface area contributed by atoms with Crippen LogP contribution >= 0.6 is 0 Å². The average molecular weight is 349 g/mol. The topological polar surface area (TPSA) is 84.3 Å². The second-order valence-corrected chi connectivity index (χ2v) is 5.75. The first-order chi connectivity index (χ1) is 12.6. The van der Waals surface area contributed by atoms with Crippen molar-refractivity contribution in [3.05, 3.63) is 83.3 Å². The lowest BCUT2D eigenvalue weighted by Crippen LogP contribution is -2.12. The number of aromatic nitrogens is 2. The van der Waals surface area contributed by atoms with Gasteiger partial charge in [-0.25, -0.2) is 14.8 Å². The number of anilines is 1. The van der Waals surface area contributed by atoms with Crippen LogP contribution in [0.5, 0.6) is 5.75 Å². The number of aromatic carboxylic acids is 1. The number of ether oxygens (including phenoxy) is 1. The molecule has 2 aromatic carbocycles. The smallest absolute Gasteiger partial charge is 0.341 e. The van der Waals surface area contributed by atoms with Crippen LogP contribution in [0.1, 0.15) is 27.3 Å². The maximum Gasteiger partial charge on any atom is 0.341 e. The lowest BCUT2D eigenvalue weighted by molar-refractivity contribution is 0.0697. The highest BCUT2D eigenvalue weighted by molar-refractivity contribution is 5.92. The van der Waals surface area contributed by atoms with Gasteiger partial charge >= 0.3 is 5.97 Å². The van der Waals surface area contributed by atoms with Gasteiger partial charge < -0.3 is 15.2 Å². The fourth-order valence-electron chi connectivity index (χ4n) is 2.42. The predicted octanol–water partition coefficient (Wildman–Crippen LogP) is 3.67. The summed E-state index contributed by atoms with van der Waals surface area (Å²) in [4.78, 5) is 19.8. The number of carboxylic acid groups (broad SMARTS) is 1. The van der Waals surface area contributed by atoms with E-state index in [0.29, 0.717) is 12.4 Å². The zero-order valence-electron chi connectivity index (χ0n) is 14.3. The zero-order chi connectivity index (χ0) is 18.4. The predicted molar refractivity (Wildman–Crippen MR) is 98.3 cm³/mol. The summed E-state index contributed by atoms with van der Waals surface area (Å²) in [6, 6.07) is 17.3. The molecule has 0 radical (unpaired) electrons. The number of nitrogens with zero attached hydrogens (tertiary/aromatic N) is 2. The van der Waals surface area contributed by atoms with Gasteiger partial charge in [0.05, 0.1) is 0 Å². The monoisotopic (exact) mass is 349 g/mol. The van der Waals surface area contributed by atoms with Crippen LogP contribution < -0.4 is 10.1 Å². The zero-order valence-corrected chi connectivity index (χ0v) is 14.3. The second-order valence-electron chi connectivity index (χ2n) is 5.75. The molecule has 1 heterocycles. The van der Waals surface area contributed by atoms with Gasteiger partial charge in [-0.1, -0.05) is 48.5 Å². The standard InChI is InChI=1S/C20H19N3O3/c1-14-7-5-6-10-17(14)26-13-18-21-12-16(20(24)25)19(23-18)22-11-15-8-3-2-4-9-15/h2-10,12H,11,13H2,1H3,(H,24,25)(H,21,22,23). The fourth-order valence-corrected chi connectivity index (χ4v) is 2.42. The van der Waals surface area contributed by atoms with Crippen LogP contribution in [0.4, 0.5) is 5.82 Å². The van der Waals surface area contributed by atoms with Gasteiger partial charge in [0.15, 0.2) is 5.82 Å². The van der Waals surface area contributed by atoms with E-state index in [1.54, 1.807) is 0 Å². The maximum atomic E-state index is 11.4. The SMILES string of the molecule is Cc1ccccc1OCc1ncc(C(=O)O)c(NCc2ccccc2)n1. The Morgan fingerprint density at radius 3 is 2.58 bits per heavy atom. The van der Waals surface area contributed by atoms with E-state index in [0.717, 1.165) is 16.9 Å². The van der Waals surface area contributed by atoms with E-state index in [4.69, 9.17) is 4.74 Å². The first-order valence-corrected chi connectivity index (χ1v) is 8.19. The van der Waals surface area contributed by atoms with Crippen LogP contribution in [0.3, 0.4) is 0 Å². The lowest BCUT2D eigenvalue weighted by atomic mass is 10.2. The number of rotatable bonds is 7. The number of para-hydroxylation sites is 1. The van der Waals surface area contributed by atoms with Gasteiger partial charge in [0.2, 0.25) is 0 Å². The van der Waals surface area contributed by atoms with Crippen LogP contribution in [0, 0.1) is 6.92 Å². The molecule has 2 N–H and O–H groups in total. The molecule has 0 fully saturated rings. The minimum Gasteiger partial charge on any atom is -0.485 e. The quantitative estimate of drug-likeness (QED) is 0.677. The summed E-state index contributed by atoms with van der Waals surface area (Å²) < 4.78 is 5.74. The van der Waals surface area contributed by atoms with Crippen LogP contribution in [0.2, 0.25) is 0 Å². The van der Waals surface area contributed by atoms with Crippen molar-refractivity contribution in [1.82, 2.24) is 9.97 Å². The van der Waals surface area contributed by atoms with Gasteiger partial charge in [-0.2, -0.15) is 0 Å². The molecule has 6 heteroatoms. The molecule has 132 valence electrons. The van der Waals surface area contributed by atoms with E-state index >= 15 is 0 Å². The summed E-state index contributed by atoms with van der Waals surface area (Å²) in [5.41, 5.74) is 2.07. The van der Waals surface area contributed by atoms with Crippen molar-refractivity contribution in [1.29, 1.82) is 0 Å². The molecule has 6 nitrogen and oxygen atoms in total. The minimum atomic E-state index is -1.08. The first-order valence-electron chi connectivity index (χ1n) is 8.19. The Balaban J connectivity index is 1.75. The Morgan fingerprint density at radius 1 is 1.12 bits per heavy atom. The fraction of sp³-hybridized carbons (Fsp3) is 0.150. The van der Waals surface area contributed by atoms with Gasteiger partial charge in [0.25, 0.3) is 0 Å². The first kappa shape index (κ1) is 17.4. The Bertz CT molecular complexity index is 898. The summed E-state index contributed by atoms with van der Waals surface area (Å²) in [7, 11) is 0. The highest BCUT2D eigenvalue weighted by Gasteiger charge is 2.14. The molecule has 0 aliphatic rings. The summed E-state index contributed by atoms with van der Waals surface area (Å²) in [6.45, 7) is 2.58. The third-order valence-corrected chi connectivity index (χ3v) is 3.82. The van der Waals surface area contributed by atoms with Gasteiger partial charge in [-0.3, -0.25) is 0 Å². The van der Waals surface area contributed by atoms with Crippen LogP contribution in [0.25, 0.3) is 0 Å². The average Bonchev–Trinajstić information content (AvgIpc) is 2.66. The molecular formula is C20H19N3O3. The number of hydrogen-bond acceptors (Lipinski definition) is 5. The van der Waals surface area contributed by atoms with Gasteiger partial charge in [-0.05, 0) is 24.1 Å². The summed E-state index contributed by atoms with van der Waals surface area (Å²) in [6.07, 6.45) is 1.30. The van der Waals surface area contributed by atoms with E-state index in [9.17, 15) is 9.90 Å². The Kier molecular flexibility index (Phi) is 5.43. The number of carbonyl (C=O) groups is 1. The Hall–Kier alpha value is -3.41. The minimum absolute atomic E-state index is 0.0283. The number of benzene rings is 2. The molecule has 0 aliphatic heterocycles. The number of carboxylic acids is 1. The molecule has 0 atom stereocenters. The molecule has 0 aliphatic carbocycles. The normalized spacial score (nSPS) is 10.3.